The Balaban J connectivity index is 1.95. The maximum atomic E-state index is 11.5. The van der Waals surface area contributed by atoms with Crippen LogP contribution in [-0.4, -0.2) is 12.1 Å². The molecule has 1 aromatic heterocycles. The van der Waals surface area contributed by atoms with Gasteiger partial charge in [0.1, 0.15) is 5.76 Å². The third kappa shape index (κ3) is 3.04. The molecule has 0 aliphatic heterocycles. The van der Waals surface area contributed by atoms with E-state index < -0.39 is 0 Å². The van der Waals surface area contributed by atoms with Gasteiger partial charge < -0.3 is 4.42 Å². The van der Waals surface area contributed by atoms with Crippen LogP contribution in [0.25, 0.3) is 0 Å². The number of hydrogen-bond acceptors (Lipinski definition) is 3. The van der Waals surface area contributed by atoms with Crippen molar-refractivity contribution in [3.63, 3.8) is 0 Å². The summed E-state index contributed by atoms with van der Waals surface area (Å²) in [6, 6.07) is 12.9. The molecule has 0 bridgehead atoms. The van der Waals surface area contributed by atoms with E-state index in [0.717, 1.165) is 5.56 Å². The first-order valence-electron chi connectivity index (χ1n) is 5.20. The third-order valence-corrected chi connectivity index (χ3v) is 2.14. The van der Waals surface area contributed by atoms with E-state index in [1.54, 1.807) is 25.3 Å². The van der Waals surface area contributed by atoms with E-state index in [-0.39, 0.29) is 11.7 Å². The topological polar surface area (TPSA) is 54.6 Å². The number of amides is 1. The second-order valence-corrected chi connectivity index (χ2v) is 3.52. The smallest absolute Gasteiger partial charge is 0.307 e. The van der Waals surface area contributed by atoms with E-state index in [0.29, 0.717) is 5.76 Å². The van der Waals surface area contributed by atoms with Crippen LogP contribution in [0.4, 0.5) is 0 Å². The van der Waals surface area contributed by atoms with Gasteiger partial charge in [0.2, 0.25) is 0 Å². The quantitative estimate of drug-likeness (QED) is 0.647. The number of furan rings is 1. The monoisotopic (exact) mass is 228 g/mol. The van der Waals surface area contributed by atoms with Gasteiger partial charge in [-0.1, -0.05) is 30.3 Å². The molecular formula is C13H12N2O2. The Morgan fingerprint density at radius 3 is 2.65 bits per heavy atom. The molecule has 1 amide bonds. The molecular weight excluding hydrogens is 216 g/mol. The molecule has 86 valence electrons. The summed E-state index contributed by atoms with van der Waals surface area (Å²) in [6.07, 6.45) is 1.58. The van der Waals surface area contributed by atoms with Crippen molar-refractivity contribution in [1.29, 1.82) is 0 Å². The van der Waals surface area contributed by atoms with E-state index in [2.05, 4.69) is 10.5 Å². The van der Waals surface area contributed by atoms with E-state index >= 15 is 0 Å². The molecule has 2 aromatic rings. The third-order valence-electron chi connectivity index (χ3n) is 2.14. The largest absolute Gasteiger partial charge is 0.456 e. The number of carbonyl (C=O) groups is 1. The van der Waals surface area contributed by atoms with E-state index in [1.807, 2.05) is 30.3 Å². The van der Waals surface area contributed by atoms with Crippen molar-refractivity contribution in [1.82, 2.24) is 5.43 Å². The van der Waals surface area contributed by atoms with E-state index in [4.69, 9.17) is 4.42 Å². The van der Waals surface area contributed by atoms with Gasteiger partial charge in [-0.2, -0.15) is 5.10 Å². The molecule has 2 rings (SSSR count). The summed E-state index contributed by atoms with van der Waals surface area (Å²) in [7, 11) is 0. The molecule has 0 atom stereocenters. The molecule has 4 heteroatoms. The van der Waals surface area contributed by atoms with Crippen LogP contribution in [0.15, 0.2) is 52.0 Å². The highest BCUT2D eigenvalue weighted by Crippen LogP contribution is 2.05. The molecule has 1 heterocycles. The first-order valence-corrected chi connectivity index (χ1v) is 5.20. The molecule has 0 spiro atoms. The molecule has 0 saturated heterocycles. The fourth-order valence-electron chi connectivity index (χ4n) is 1.32. The molecule has 1 aromatic carbocycles. The van der Waals surface area contributed by atoms with Crippen molar-refractivity contribution in [3.8, 4) is 0 Å². The minimum atomic E-state index is -0.356. The summed E-state index contributed by atoms with van der Waals surface area (Å²) in [5, 5.41) is 3.84. The van der Waals surface area contributed by atoms with Gasteiger partial charge in [0.25, 0.3) is 0 Å². The Bertz CT molecular complexity index is 529. The maximum Gasteiger partial charge on any atom is 0.307 e. The molecule has 0 saturated carbocycles. The number of hydrogen-bond donors (Lipinski definition) is 1. The zero-order chi connectivity index (χ0) is 12.1. The number of rotatable bonds is 3. The zero-order valence-electron chi connectivity index (χ0n) is 9.38. The normalized spacial score (nSPS) is 10.6. The van der Waals surface area contributed by atoms with Gasteiger partial charge in [0, 0.05) is 0 Å². The van der Waals surface area contributed by atoms with Crippen LogP contribution in [0.2, 0.25) is 0 Å². The lowest BCUT2D eigenvalue weighted by Gasteiger charge is -1.95. The summed E-state index contributed by atoms with van der Waals surface area (Å²) in [4.78, 5) is 11.5. The summed E-state index contributed by atoms with van der Waals surface area (Å²) >= 11 is 0. The molecule has 1 N–H and O–H groups in total. The molecule has 17 heavy (non-hydrogen) atoms. The summed E-state index contributed by atoms with van der Waals surface area (Å²) in [6.45, 7) is 1.78. The standard InChI is InChI=1S/C13H12N2O2/c1-10-7-8-12(17-10)13(16)15-14-9-11-5-3-2-4-6-11/h2-9H,1H3,(H,15,16). The predicted molar refractivity (Wildman–Crippen MR) is 64.9 cm³/mol. The number of hydrazone groups is 1. The predicted octanol–water partition coefficient (Wildman–Crippen LogP) is 2.35. The molecule has 0 aliphatic carbocycles. The van der Waals surface area contributed by atoms with Gasteiger partial charge in [0.05, 0.1) is 6.21 Å². The molecule has 0 aliphatic rings. The van der Waals surface area contributed by atoms with Crippen molar-refractivity contribution in [2.24, 2.45) is 5.10 Å². The average Bonchev–Trinajstić information content (AvgIpc) is 2.77. The van der Waals surface area contributed by atoms with Crippen molar-refractivity contribution >= 4 is 12.1 Å². The average molecular weight is 228 g/mol. The van der Waals surface area contributed by atoms with Crippen LogP contribution in [0.1, 0.15) is 21.9 Å². The minimum Gasteiger partial charge on any atom is -0.456 e. The van der Waals surface area contributed by atoms with Crippen molar-refractivity contribution in [3.05, 3.63) is 59.5 Å². The van der Waals surface area contributed by atoms with Crippen molar-refractivity contribution < 1.29 is 9.21 Å². The van der Waals surface area contributed by atoms with Gasteiger partial charge in [-0.25, -0.2) is 5.43 Å². The van der Waals surface area contributed by atoms with Gasteiger partial charge in [-0.05, 0) is 24.6 Å². The number of aryl methyl sites for hydroxylation is 1. The van der Waals surface area contributed by atoms with Crippen LogP contribution in [0.3, 0.4) is 0 Å². The van der Waals surface area contributed by atoms with E-state index in [9.17, 15) is 4.79 Å². The number of nitrogens with zero attached hydrogens (tertiary/aromatic N) is 1. The first kappa shape index (κ1) is 11.1. The van der Waals surface area contributed by atoms with E-state index in [1.165, 1.54) is 0 Å². The Kier molecular flexibility index (Phi) is 3.35. The second-order valence-electron chi connectivity index (χ2n) is 3.52. The second kappa shape index (κ2) is 5.12. The summed E-state index contributed by atoms with van der Waals surface area (Å²) < 4.78 is 5.16. The lowest BCUT2D eigenvalue weighted by atomic mass is 10.2. The lowest BCUT2D eigenvalue weighted by Crippen LogP contribution is -2.16. The van der Waals surface area contributed by atoms with Crippen LogP contribution >= 0.6 is 0 Å². The Hall–Kier alpha value is -2.36. The maximum absolute atomic E-state index is 11.5. The molecule has 4 nitrogen and oxygen atoms in total. The lowest BCUT2D eigenvalue weighted by molar-refractivity contribution is 0.0926. The van der Waals surface area contributed by atoms with Crippen molar-refractivity contribution in [2.45, 2.75) is 6.92 Å². The summed E-state index contributed by atoms with van der Waals surface area (Å²) in [5.41, 5.74) is 3.32. The van der Waals surface area contributed by atoms with Gasteiger partial charge in [-0.3, -0.25) is 4.79 Å². The molecule has 0 unspecified atom stereocenters. The SMILES string of the molecule is Cc1ccc(C(=O)NN=Cc2ccccc2)o1. The Morgan fingerprint density at radius 2 is 2.00 bits per heavy atom. The molecule has 0 radical (unpaired) electrons. The Labute approximate surface area is 99.0 Å². The van der Waals surface area contributed by atoms with Crippen LogP contribution < -0.4 is 5.43 Å². The van der Waals surface area contributed by atoms with Gasteiger partial charge in [-0.15, -0.1) is 0 Å². The number of carbonyl (C=O) groups excluding carboxylic acids is 1. The van der Waals surface area contributed by atoms with Gasteiger partial charge >= 0.3 is 5.91 Å². The Morgan fingerprint density at radius 1 is 1.24 bits per heavy atom. The van der Waals surface area contributed by atoms with Crippen LogP contribution in [0.5, 0.6) is 0 Å². The fourth-order valence-corrected chi connectivity index (χ4v) is 1.32. The van der Waals surface area contributed by atoms with Crippen molar-refractivity contribution in [2.75, 3.05) is 0 Å². The fraction of sp³-hybridized carbons (Fsp3) is 0.0769. The number of benzene rings is 1. The first-order chi connectivity index (χ1) is 8.25. The molecule has 0 fully saturated rings. The number of nitrogens with one attached hydrogen (secondary N) is 1. The van der Waals surface area contributed by atoms with Gasteiger partial charge in [0.15, 0.2) is 5.76 Å². The minimum absolute atomic E-state index is 0.257. The highest BCUT2D eigenvalue weighted by atomic mass is 16.3. The van der Waals surface area contributed by atoms with Crippen LogP contribution in [-0.2, 0) is 0 Å². The highest BCUT2D eigenvalue weighted by Gasteiger charge is 2.07. The summed E-state index contributed by atoms with van der Waals surface area (Å²) in [5.74, 6) is 0.597. The van der Waals surface area contributed by atoms with Crippen LogP contribution in [0, 0.1) is 6.92 Å². The highest BCUT2D eigenvalue weighted by molar-refractivity contribution is 5.92. The zero-order valence-corrected chi connectivity index (χ0v) is 9.38.